The Hall–Kier alpha value is -1.97. The fourth-order valence-electron chi connectivity index (χ4n) is 1.58. The van der Waals surface area contributed by atoms with Crippen LogP contribution in [0.4, 0.5) is 0 Å². The van der Waals surface area contributed by atoms with Crippen LogP contribution in [-0.4, -0.2) is 21.9 Å². The first-order valence-corrected chi connectivity index (χ1v) is 5.73. The average molecular weight is 229 g/mol. The maximum absolute atomic E-state index is 12.0. The lowest BCUT2D eigenvalue weighted by molar-refractivity contribution is 0.0941. The van der Waals surface area contributed by atoms with Crippen molar-refractivity contribution >= 4 is 16.9 Å². The molecule has 0 fully saturated rings. The molecule has 0 spiro atoms. The maximum Gasteiger partial charge on any atom is 0.253 e. The summed E-state index contributed by atoms with van der Waals surface area (Å²) in [5.41, 5.74) is 1.97. The smallest absolute Gasteiger partial charge is 0.253 e. The molecule has 1 heterocycles. The van der Waals surface area contributed by atoms with Crippen molar-refractivity contribution in [3.8, 4) is 0 Å². The average Bonchev–Trinajstić information content (AvgIpc) is 2.37. The van der Waals surface area contributed by atoms with Gasteiger partial charge in [-0.1, -0.05) is 13.0 Å². The number of rotatable bonds is 3. The van der Waals surface area contributed by atoms with Crippen LogP contribution in [0.15, 0.2) is 30.6 Å². The van der Waals surface area contributed by atoms with Crippen molar-refractivity contribution in [1.29, 1.82) is 0 Å². The molecule has 0 saturated carbocycles. The van der Waals surface area contributed by atoms with Crippen LogP contribution < -0.4 is 5.32 Å². The summed E-state index contributed by atoms with van der Waals surface area (Å²) in [4.78, 5) is 20.4. The van der Waals surface area contributed by atoms with Gasteiger partial charge in [-0.15, -0.1) is 0 Å². The van der Waals surface area contributed by atoms with E-state index in [1.54, 1.807) is 18.5 Å². The Morgan fingerprint density at radius 2 is 2.12 bits per heavy atom. The van der Waals surface area contributed by atoms with Gasteiger partial charge in [0.2, 0.25) is 0 Å². The van der Waals surface area contributed by atoms with E-state index in [0.29, 0.717) is 11.1 Å². The van der Waals surface area contributed by atoms with Gasteiger partial charge in [0.25, 0.3) is 5.91 Å². The lowest BCUT2D eigenvalue weighted by Gasteiger charge is -2.12. The summed E-state index contributed by atoms with van der Waals surface area (Å²) in [5.74, 6) is -0.0922. The molecule has 4 heteroatoms. The third-order valence-corrected chi connectivity index (χ3v) is 2.73. The van der Waals surface area contributed by atoms with Gasteiger partial charge in [-0.25, -0.2) is 0 Å². The minimum atomic E-state index is -0.0922. The summed E-state index contributed by atoms with van der Waals surface area (Å²) in [6.45, 7) is 4.02. The third kappa shape index (κ3) is 2.41. The van der Waals surface area contributed by atoms with Crippen LogP contribution in [0.25, 0.3) is 11.0 Å². The van der Waals surface area contributed by atoms with E-state index in [1.165, 1.54) is 0 Å². The van der Waals surface area contributed by atoms with Crippen LogP contribution in [0.2, 0.25) is 0 Å². The molecule has 1 atom stereocenters. The van der Waals surface area contributed by atoms with E-state index in [1.807, 2.05) is 26.0 Å². The van der Waals surface area contributed by atoms with Crippen LogP contribution in [0.1, 0.15) is 30.6 Å². The first kappa shape index (κ1) is 11.5. The van der Waals surface area contributed by atoms with E-state index in [0.717, 1.165) is 11.9 Å². The van der Waals surface area contributed by atoms with Crippen molar-refractivity contribution in [2.45, 2.75) is 26.3 Å². The molecule has 1 unspecified atom stereocenters. The Kier molecular flexibility index (Phi) is 3.32. The number of benzene rings is 1. The molecule has 1 aromatic carbocycles. The zero-order chi connectivity index (χ0) is 12.3. The lowest BCUT2D eigenvalue weighted by Crippen LogP contribution is -2.32. The second-order valence-electron chi connectivity index (χ2n) is 4.01. The highest BCUT2D eigenvalue weighted by Crippen LogP contribution is 2.13. The zero-order valence-corrected chi connectivity index (χ0v) is 9.97. The highest BCUT2D eigenvalue weighted by atomic mass is 16.1. The molecule has 0 saturated heterocycles. The SMILES string of the molecule is CCC(C)NC(=O)c1cccc2nccnc12. The Morgan fingerprint density at radius 3 is 2.88 bits per heavy atom. The topological polar surface area (TPSA) is 54.9 Å². The van der Waals surface area contributed by atoms with Crippen molar-refractivity contribution in [2.24, 2.45) is 0 Å². The predicted molar refractivity (Wildman–Crippen MR) is 66.8 cm³/mol. The molecule has 0 aliphatic carbocycles. The Bertz CT molecular complexity index is 534. The van der Waals surface area contributed by atoms with Crippen molar-refractivity contribution in [1.82, 2.24) is 15.3 Å². The van der Waals surface area contributed by atoms with Gasteiger partial charge >= 0.3 is 0 Å². The van der Waals surface area contributed by atoms with Gasteiger partial charge in [-0.05, 0) is 25.5 Å². The monoisotopic (exact) mass is 229 g/mol. The molecule has 0 radical (unpaired) electrons. The summed E-state index contributed by atoms with van der Waals surface area (Å²) in [7, 11) is 0. The van der Waals surface area contributed by atoms with E-state index in [4.69, 9.17) is 0 Å². The molecule has 0 bridgehead atoms. The third-order valence-electron chi connectivity index (χ3n) is 2.73. The molecule has 1 amide bonds. The van der Waals surface area contributed by atoms with E-state index >= 15 is 0 Å². The molecule has 0 aliphatic rings. The predicted octanol–water partition coefficient (Wildman–Crippen LogP) is 2.16. The normalized spacial score (nSPS) is 12.4. The van der Waals surface area contributed by atoms with Crippen LogP contribution in [0.3, 0.4) is 0 Å². The van der Waals surface area contributed by atoms with Gasteiger partial charge in [0.05, 0.1) is 11.1 Å². The van der Waals surface area contributed by atoms with Gasteiger partial charge in [0.15, 0.2) is 0 Å². The van der Waals surface area contributed by atoms with Crippen molar-refractivity contribution in [3.05, 3.63) is 36.2 Å². The Balaban J connectivity index is 2.38. The summed E-state index contributed by atoms with van der Waals surface area (Å²) in [6, 6.07) is 5.61. The number of para-hydroxylation sites is 1. The highest BCUT2D eigenvalue weighted by Gasteiger charge is 2.12. The van der Waals surface area contributed by atoms with Crippen molar-refractivity contribution in [3.63, 3.8) is 0 Å². The maximum atomic E-state index is 12.0. The van der Waals surface area contributed by atoms with E-state index in [2.05, 4.69) is 15.3 Å². The minimum Gasteiger partial charge on any atom is -0.350 e. The lowest BCUT2D eigenvalue weighted by atomic mass is 10.1. The fraction of sp³-hybridized carbons (Fsp3) is 0.308. The molecular formula is C13H15N3O. The second kappa shape index (κ2) is 4.91. The molecular weight excluding hydrogens is 214 g/mol. The Labute approximate surface area is 100 Å². The van der Waals surface area contributed by atoms with E-state index < -0.39 is 0 Å². The number of carbonyl (C=O) groups is 1. The van der Waals surface area contributed by atoms with Gasteiger partial charge < -0.3 is 5.32 Å². The highest BCUT2D eigenvalue weighted by molar-refractivity contribution is 6.04. The van der Waals surface area contributed by atoms with Gasteiger partial charge in [0, 0.05) is 18.4 Å². The number of nitrogens with zero attached hydrogens (tertiary/aromatic N) is 2. The molecule has 0 aliphatic heterocycles. The molecule has 4 nitrogen and oxygen atoms in total. The number of hydrogen-bond acceptors (Lipinski definition) is 3. The van der Waals surface area contributed by atoms with Gasteiger partial charge in [-0.2, -0.15) is 0 Å². The van der Waals surface area contributed by atoms with Gasteiger partial charge in [-0.3, -0.25) is 14.8 Å². The quantitative estimate of drug-likeness (QED) is 0.877. The molecule has 88 valence electrons. The van der Waals surface area contributed by atoms with Crippen LogP contribution in [0, 0.1) is 0 Å². The van der Waals surface area contributed by atoms with Gasteiger partial charge in [0.1, 0.15) is 5.52 Å². The summed E-state index contributed by atoms with van der Waals surface area (Å²) >= 11 is 0. The molecule has 2 rings (SSSR count). The Morgan fingerprint density at radius 1 is 1.35 bits per heavy atom. The van der Waals surface area contributed by atoms with Crippen LogP contribution in [-0.2, 0) is 0 Å². The number of aromatic nitrogens is 2. The standard InChI is InChI=1S/C13H15N3O/c1-3-9(2)16-13(17)10-5-4-6-11-12(10)15-8-7-14-11/h4-9H,3H2,1-2H3,(H,16,17). The number of hydrogen-bond donors (Lipinski definition) is 1. The number of amides is 1. The van der Waals surface area contributed by atoms with Crippen molar-refractivity contribution < 1.29 is 4.79 Å². The largest absolute Gasteiger partial charge is 0.350 e. The zero-order valence-electron chi connectivity index (χ0n) is 9.97. The van der Waals surface area contributed by atoms with Crippen LogP contribution >= 0.6 is 0 Å². The summed E-state index contributed by atoms with van der Waals surface area (Å²) in [6.07, 6.45) is 4.13. The van der Waals surface area contributed by atoms with E-state index in [9.17, 15) is 4.79 Å². The molecule has 2 aromatic rings. The number of nitrogens with one attached hydrogen (secondary N) is 1. The molecule has 17 heavy (non-hydrogen) atoms. The fourth-order valence-corrected chi connectivity index (χ4v) is 1.58. The first-order chi connectivity index (χ1) is 8.22. The molecule has 1 N–H and O–H groups in total. The first-order valence-electron chi connectivity index (χ1n) is 5.73. The summed E-state index contributed by atoms with van der Waals surface area (Å²) < 4.78 is 0. The van der Waals surface area contributed by atoms with E-state index in [-0.39, 0.29) is 11.9 Å². The summed E-state index contributed by atoms with van der Waals surface area (Å²) in [5, 5.41) is 2.93. The van der Waals surface area contributed by atoms with Crippen molar-refractivity contribution in [2.75, 3.05) is 0 Å². The molecule has 1 aromatic heterocycles. The number of carbonyl (C=O) groups excluding carboxylic acids is 1. The second-order valence-corrected chi connectivity index (χ2v) is 4.01. The van der Waals surface area contributed by atoms with Crippen LogP contribution in [0.5, 0.6) is 0 Å². The number of fused-ring (bicyclic) bond motifs is 1. The minimum absolute atomic E-state index is 0.0922.